The zero-order chi connectivity index (χ0) is 23.7. The molecule has 1 aliphatic rings. The van der Waals surface area contributed by atoms with Gasteiger partial charge in [0.15, 0.2) is 5.78 Å². The van der Waals surface area contributed by atoms with Crippen LogP contribution in [0.15, 0.2) is 91.1 Å². The average molecular weight is 470 g/mol. The van der Waals surface area contributed by atoms with Gasteiger partial charge in [-0.1, -0.05) is 48.0 Å². The number of benzene rings is 3. The predicted octanol–water partition coefficient (Wildman–Crippen LogP) is 5.74. The number of carbonyl (C=O) groups excluding carboxylic acids is 2. The highest BCUT2D eigenvalue weighted by molar-refractivity contribution is 6.31. The third-order valence-electron chi connectivity index (χ3n) is 6.29. The molecule has 1 aromatic heterocycles. The Kier molecular flexibility index (Phi) is 5.95. The number of ketones is 1. The zero-order valence-electron chi connectivity index (χ0n) is 18.7. The highest BCUT2D eigenvalue weighted by atomic mass is 35.5. The molecule has 1 unspecified atom stereocenters. The smallest absolute Gasteiger partial charge is 0.231 e. The molecule has 170 valence electrons. The molecule has 0 spiro atoms. The average Bonchev–Trinajstić information content (AvgIpc) is 3.25. The van der Waals surface area contributed by atoms with Crippen molar-refractivity contribution in [2.45, 2.75) is 19.0 Å². The number of para-hydroxylation sites is 1. The summed E-state index contributed by atoms with van der Waals surface area (Å²) in [4.78, 5) is 27.9. The molecular formula is C28H24ClN3O2. The lowest BCUT2D eigenvalue weighted by atomic mass is 10.0. The summed E-state index contributed by atoms with van der Waals surface area (Å²) in [6.45, 7) is 0.715. The van der Waals surface area contributed by atoms with Crippen LogP contribution in [-0.2, 0) is 17.8 Å². The molecule has 0 aliphatic carbocycles. The second kappa shape index (κ2) is 9.20. The minimum Gasteiger partial charge on any atom is -0.370 e. The third kappa shape index (κ3) is 4.22. The summed E-state index contributed by atoms with van der Waals surface area (Å²) >= 11 is 6.20. The summed E-state index contributed by atoms with van der Waals surface area (Å²) in [6, 6.07) is 26.0. The highest BCUT2D eigenvalue weighted by Gasteiger charge is 2.28. The van der Waals surface area contributed by atoms with Crippen molar-refractivity contribution in [3.05, 3.63) is 119 Å². The zero-order valence-corrected chi connectivity index (χ0v) is 19.5. The summed E-state index contributed by atoms with van der Waals surface area (Å²) in [5.41, 5.74) is 5.12. The Labute approximate surface area is 203 Å². The Hall–Kier alpha value is -3.83. The fourth-order valence-corrected chi connectivity index (χ4v) is 4.53. The molecule has 5 rings (SSSR count). The normalized spacial score (nSPS) is 14.4. The standard InChI is InChI=1S/C28H24ClN3O2/c1-31(26(33)17-20-7-2-4-9-23(20)29)22-14-12-19(13-15-22)28(34)27-25-11-6-16-32(25)18-21-8-3-5-10-24(21)30-27/h2-16,27,30H,17-18H2,1H3. The van der Waals surface area contributed by atoms with Crippen LogP contribution in [0.3, 0.4) is 0 Å². The Morgan fingerprint density at radius 1 is 0.971 bits per heavy atom. The number of rotatable bonds is 5. The number of halogens is 1. The molecule has 1 amide bonds. The lowest BCUT2D eigenvalue weighted by Gasteiger charge is -2.20. The number of fused-ring (bicyclic) bond motifs is 2. The summed E-state index contributed by atoms with van der Waals surface area (Å²) in [6.07, 6.45) is 2.21. The second-order valence-electron chi connectivity index (χ2n) is 8.43. The van der Waals surface area contributed by atoms with Gasteiger partial charge in [-0.3, -0.25) is 9.59 Å². The first-order valence-electron chi connectivity index (χ1n) is 11.1. The molecule has 0 saturated carbocycles. The molecule has 0 fully saturated rings. The van der Waals surface area contributed by atoms with Gasteiger partial charge < -0.3 is 14.8 Å². The fourth-order valence-electron chi connectivity index (χ4n) is 4.33. The van der Waals surface area contributed by atoms with Crippen LogP contribution in [0.5, 0.6) is 0 Å². The van der Waals surface area contributed by atoms with Crippen molar-refractivity contribution in [1.29, 1.82) is 0 Å². The first-order chi connectivity index (χ1) is 16.5. The number of Topliss-reactive ketones (excluding diaryl/α,β-unsaturated/α-hetero) is 1. The molecule has 3 aromatic carbocycles. The second-order valence-corrected chi connectivity index (χ2v) is 8.83. The number of carbonyl (C=O) groups is 2. The highest BCUT2D eigenvalue weighted by Crippen LogP contribution is 2.31. The van der Waals surface area contributed by atoms with Crippen LogP contribution in [0, 0.1) is 0 Å². The topological polar surface area (TPSA) is 54.3 Å². The van der Waals surface area contributed by atoms with Gasteiger partial charge in [-0.25, -0.2) is 0 Å². The van der Waals surface area contributed by atoms with E-state index < -0.39 is 6.04 Å². The molecular weight excluding hydrogens is 446 g/mol. The first-order valence-corrected chi connectivity index (χ1v) is 11.5. The van der Waals surface area contributed by atoms with Crippen LogP contribution in [0.2, 0.25) is 5.02 Å². The Morgan fingerprint density at radius 2 is 1.71 bits per heavy atom. The van der Waals surface area contributed by atoms with Crippen molar-refractivity contribution < 1.29 is 9.59 Å². The van der Waals surface area contributed by atoms with Crippen LogP contribution in [-0.4, -0.2) is 23.3 Å². The van der Waals surface area contributed by atoms with E-state index in [1.165, 1.54) is 0 Å². The van der Waals surface area contributed by atoms with Crippen LogP contribution in [0.25, 0.3) is 0 Å². The van der Waals surface area contributed by atoms with E-state index in [0.29, 0.717) is 17.1 Å². The van der Waals surface area contributed by atoms with Crippen molar-refractivity contribution in [3.8, 4) is 0 Å². The van der Waals surface area contributed by atoms with E-state index in [4.69, 9.17) is 11.6 Å². The molecule has 5 nitrogen and oxygen atoms in total. The number of likely N-dealkylation sites (N-methyl/N-ethyl adjacent to an activating group) is 1. The number of amides is 1. The van der Waals surface area contributed by atoms with Crippen LogP contribution in [0.1, 0.15) is 33.2 Å². The van der Waals surface area contributed by atoms with Gasteiger partial charge in [0, 0.05) is 47.4 Å². The van der Waals surface area contributed by atoms with Gasteiger partial charge in [0.1, 0.15) is 6.04 Å². The molecule has 1 aliphatic heterocycles. The van der Waals surface area contributed by atoms with E-state index in [1.807, 2.05) is 54.7 Å². The molecule has 4 aromatic rings. The fraction of sp³-hybridized carbons (Fsp3) is 0.143. The monoisotopic (exact) mass is 469 g/mol. The minimum atomic E-state index is -0.496. The van der Waals surface area contributed by atoms with E-state index in [1.54, 1.807) is 42.3 Å². The lowest BCUT2D eigenvalue weighted by Crippen LogP contribution is -2.28. The summed E-state index contributed by atoms with van der Waals surface area (Å²) in [5, 5.41) is 4.02. The van der Waals surface area contributed by atoms with E-state index in [2.05, 4.69) is 16.0 Å². The Bertz CT molecular complexity index is 1360. The summed E-state index contributed by atoms with van der Waals surface area (Å²) < 4.78 is 2.11. The van der Waals surface area contributed by atoms with E-state index in [-0.39, 0.29) is 18.1 Å². The van der Waals surface area contributed by atoms with Gasteiger partial charge in [0.05, 0.1) is 6.42 Å². The number of anilines is 2. The maximum atomic E-state index is 13.5. The number of hydrogen-bond donors (Lipinski definition) is 1. The van der Waals surface area contributed by atoms with Crippen LogP contribution < -0.4 is 10.2 Å². The van der Waals surface area contributed by atoms with Gasteiger partial charge in [-0.15, -0.1) is 0 Å². The van der Waals surface area contributed by atoms with Gasteiger partial charge >= 0.3 is 0 Å². The molecule has 0 radical (unpaired) electrons. The van der Waals surface area contributed by atoms with Crippen molar-refractivity contribution >= 4 is 34.7 Å². The predicted molar refractivity (Wildman–Crippen MR) is 136 cm³/mol. The SMILES string of the molecule is CN(C(=O)Cc1ccccc1Cl)c1ccc(C(=O)C2Nc3ccccc3Cn3cccc32)cc1. The van der Waals surface area contributed by atoms with Crippen LogP contribution >= 0.6 is 11.6 Å². The Morgan fingerprint density at radius 3 is 2.50 bits per heavy atom. The molecule has 1 N–H and O–H groups in total. The first kappa shape index (κ1) is 22.0. The molecule has 1 atom stereocenters. The van der Waals surface area contributed by atoms with E-state index >= 15 is 0 Å². The van der Waals surface area contributed by atoms with Crippen molar-refractivity contribution in [3.63, 3.8) is 0 Å². The maximum Gasteiger partial charge on any atom is 0.231 e. The maximum absolute atomic E-state index is 13.5. The molecule has 6 heteroatoms. The molecule has 0 saturated heterocycles. The van der Waals surface area contributed by atoms with Crippen molar-refractivity contribution in [2.75, 3.05) is 17.3 Å². The van der Waals surface area contributed by atoms with E-state index in [0.717, 1.165) is 28.2 Å². The largest absolute Gasteiger partial charge is 0.370 e. The number of aromatic nitrogens is 1. The quantitative estimate of drug-likeness (QED) is 0.379. The van der Waals surface area contributed by atoms with Gasteiger partial charge in [0.25, 0.3) is 0 Å². The van der Waals surface area contributed by atoms with Gasteiger partial charge in [-0.05, 0) is 59.7 Å². The van der Waals surface area contributed by atoms with Crippen molar-refractivity contribution in [1.82, 2.24) is 4.57 Å². The summed E-state index contributed by atoms with van der Waals surface area (Å²) in [5.74, 6) is -0.0969. The number of hydrogen-bond acceptors (Lipinski definition) is 3. The molecule has 2 heterocycles. The molecule has 34 heavy (non-hydrogen) atoms. The van der Waals surface area contributed by atoms with Gasteiger partial charge in [-0.2, -0.15) is 0 Å². The summed E-state index contributed by atoms with van der Waals surface area (Å²) in [7, 11) is 1.73. The Balaban J connectivity index is 1.36. The number of nitrogens with one attached hydrogen (secondary N) is 1. The number of nitrogens with zero attached hydrogens (tertiary/aromatic N) is 2. The van der Waals surface area contributed by atoms with Crippen molar-refractivity contribution in [2.24, 2.45) is 0 Å². The van der Waals surface area contributed by atoms with E-state index in [9.17, 15) is 9.59 Å². The molecule has 0 bridgehead atoms. The lowest BCUT2D eigenvalue weighted by molar-refractivity contribution is -0.117. The third-order valence-corrected chi connectivity index (χ3v) is 6.66. The van der Waals surface area contributed by atoms with Crippen LogP contribution in [0.4, 0.5) is 11.4 Å². The minimum absolute atomic E-state index is 0.0201. The van der Waals surface area contributed by atoms with Gasteiger partial charge in [0.2, 0.25) is 5.91 Å².